The summed E-state index contributed by atoms with van der Waals surface area (Å²) in [5.41, 5.74) is 3.57. The fourth-order valence-corrected chi connectivity index (χ4v) is 4.45. The Labute approximate surface area is 173 Å². The molecule has 0 aromatic heterocycles. The summed E-state index contributed by atoms with van der Waals surface area (Å²) in [6.07, 6.45) is -4.35. The van der Waals surface area contributed by atoms with E-state index < -0.39 is 11.7 Å². The Hall–Kier alpha value is -2.15. The van der Waals surface area contributed by atoms with E-state index in [9.17, 15) is 18.0 Å². The van der Waals surface area contributed by atoms with Gasteiger partial charge in [-0.2, -0.15) is 13.2 Å². The third kappa shape index (κ3) is 5.92. The van der Waals surface area contributed by atoms with Crippen molar-refractivity contribution in [1.29, 1.82) is 0 Å². The van der Waals surface area contributed by atoms with E-state index in [0.717, 1.165) is 11.8 Å². The summed E-state index contributed by atoms with van der Waals surface area (Å²) < 4.78 is 38.7. The number of benzene rings is 2. The first-order valence-corrected chi connectivity index (χ1v) is 10.7. The number of amides is 1. The molecule has 1 saturated heterocycles. The molecule has 1 amide bonds. The zero-order valence-corrected chi connectivity index (χ0v) is 17.4. The molecule has 156 valence electrons. The number of nitrogens with zero attached hydrogens (tertiary/aromatic N) is 2. The first-order chi connectivity index (χ1) is 13.7. The van der Waals surface area contributed by atoms with Crippen LogP contribution in [-0.4, -0.2) is 42.7 Å². The molecule has 3 nitrogen and oxygen atoms in total. The highest BCUT2D eigenvalue weighted by Gasteiger charge is 2.31. The Morgan fingerprint density at radius 3 is 2.28 bits per heavy atom. The molecule has 0 spiro atoms. The van der Waals surface area contributed by atoms with E-state index in [1.807, 2.05) is 4.90 Å². The molecule has 1 aliphatic rings. The average molecular weight is 423 g/mol. The lowest BCUT2D eigenvalue weighted by Crippen LogP contribution is -2.49. The molecule has 0 N–H and O–H groups in total. The number of rotatable bonds is 5. The molecular formula is C22H25F3N2OS. The van der Waals surface area contributed by atoms with Crippen LogP contribution in [-0.2, 0) is 16.7 Å². The van der Waals surface area contributed by atoms with E-state index in [-0.39, 0.29) is 5.91 Å². The molecule has 0 saturated carbocycles. The van der Waals surface area contributed by atoms with Crippen LogP contribution in [0, 0.1) is 13.8 Å². The summed E-state index contributed by atoms with van der Waals surface area (Å²) >= 11 is 1.60. The van der Waals surface area contributed by atoms with Crippen LogP contribution >= 0.6 is 11.8 Å². The minimum absolute atomic E-state index is 0.0862. The summed E-state index contributed by atoms with van der Waals surface area (Å²) in [6, 6.07) is 11.8. The van der Waals surface area contributed by atoms with Gasteiger partial charge in [-0.1, -0.05) is 35.4 Å². The van der Waals surface area contributed by atoms with Gasteiger partial charge in [0.2, 0.25) is 5.91 Å². The van der Waals surface area contributed by atoms with E-state index in [1.54, 1.807) is 22.7 Å². The molecule has 1 aliphatic heterocycles. The van der Waals surface area contributed by atoms with Gasteiger partial charge in [0.15, 0.2) is 0 Å². The number of thioether (sulfide) groups is 1. The molecule has 0 radical (unpaired) electrons. The first-order valence-electron chi connectivity index (χ1n) is 9.57. The van der Waals surface area contributed by atoms with E-state index in [4.69, 9.17) is 0 Å². The topological polar surface area (TPSA) is 23.6 Å². The van der Waals surface area contributed by atoms with Crippen molar-refractivity contribution < 1.29 is 18.0 Å². The van der Waals surface area contributed by atoms with Gasteiger partial charge >= 0.3 is 6.18 Å². The fourth-order valence-electron chi connectivity index (χ4n) is 3.59. The van der Waals surface area contributed by atoms with Crippen molar-refractivity contribution in [2.45, 2.75) is 25.8 Å². The van der Waals surface area contributed by atoms with Gasteiger partial charge in [0.1, 0.15) is 0 Å². The zero-order valence-electron chi connectivity index (χ0n) is 16.6. The quantitative estimate of drug-likeness (QED) is 0.685. The third-order valence-electron chi connectivity index (χ3n) is 4.95. The standard InChI is InChI=1S/C22H25F3N2OS/c1-16-10-17(2)12-18(11-16)14-29-15-21(28)27-8-6-26(7-9-27)20-5-3-4-19(13-20)22(23,24)25/h3-5,10-13H,6-9,14-15H2,1-2H3. The Balaban J connectivity index is 1.48. The molecule has 0 bridgehead atoms. The van der Waals surface area contributed by atoms with E-state index in [1.165, 1.54) is 28.8 Å². The minimum Gasteiger partial charge on any atom is -0.368 e. The zero-order chi connectivity index (χ0) is 21.0. The minimum atomic E-state index is -4.35. The Bertz CT molecular complexity index is 841. The second-order valence-electron chi connectivity index (χ2n) is 7.40. The molecule has 3 rings (SSSR count). The second kappa shape index (κ2) is 9.11. The number of aryl methyl sites for hydroxylation is 2. The average Bonchev–Trinajstić information content (AvgIpc) is 2.67. The number of halogens is 3. The van der Waals surface area contributed by atoms with Crippen LogP contribution in [0.4, 0.5) is 18.9 Å². The lowest BCUT2D eigenvalue weighted by Gasteiger charge is -2.36. The molecule has 0 unspecified atom stereocenters. The first kappa shape index (κ1) is 21.6. The second-order valence-corrected chi connectivity index (χ2v) is 8.39. The Morgan fingerprint density at radius 1 is 1.00 bits per heavy atom. The predicted octanol–water partition coefficient (Wildman–Crippen LogP) is 4.90. The van der Waals surface area contributed by atoms with Gasteiger partial charge in [0, 0.05) is 37.6 Å². The van der Waals surface area contributed by atoms with Crippen LogP contribution in [0.2, 0.25) is 0 Å². The van der Waals surface area contributed by atoms with Crippen LogP contribution in [0.15, 0.2) is 42.5 Å². The van der Waals surface area contributed by atoms with Crippen LogP contribution in [0.1, 0.15) is 22.3 Å². The van der Waals surface area contributed by atoms with Gasteiger partial charge in [-0.3, -0.25) is 4.79 Å². The number of hydrogen-bond acceptors (Lipinski definition) is 3. The number of alkyl halides is 3. The van der Waals surface area contributed by atoms with E-state index >= 15 is 0 Å². The van der Waals surface area contributed by atoms with Crippen LogP contribution in [0.5, 0.6) is 0 Å². The highest BCUT2D eigenvalue weighted by Crippen LogP contribution is 2.32. The Morgan fingerprint density at radius 2 is 1.66 bits per heavy atom. The van der Waals surface area contributed by atoms with Gasteiger partial charge in [0.05, 0.1) is 11.3 Å². The van der Waals surface area contributed by atoms with Crippen LogP contribution in [0.3, 0.4) is 0 Å². The molecule has 0 aliphatic carbocycles. The van der Waals surface area contributed by atoms with Gasteiger partial charge in [-0.25, -0.2) is 0 Å². The third-order valence-corrected chi connectivity index (χ3v) is 5.94. The van der Waals surface area contributed by atoms with E-state index in [0.29, 0.717) is 37.6 Å². The monoisotopic (exact) mass is 422 g/mol. The summed E-state index contributed by atoms with van der Waals surface area (Å²) in [6.45, 7) is 6.26. The lowest BCUT2D eigenvalue weighted by molar-refractivity contribution is -0.137. The number of carbonyl (C=O) groups is 1. The van der Waals surface area contributed by atoms with Gasteiger partial charge < -0.3 is 9.80 Å². The molecular weight excluding hydrogens is 397 g/mol. The van der Waals surface area contributed by atoms with Crippen LogP contribution < -0.4 is 4.90 Å². The van der Waals surface area contributed by atoms with Gasteiger partial charge in [-0.15, -0.1) is 11.8 Å². The summed E-state index contributed by atoms with van der Waals surface area (Å²) in [4.78, 5) is 16.2. The molecule has 0 atom stereocenters. The normalized spacial score (nSPS) is 14.9. The smallest absolute Gasteiger partial charge is 0.368 e. The maximum absolute atomic E-state index is 12.9. The lowest BCUT2D eigenvalue weighted by atomic mass is 10.1. The maximum atomic E-state index is 12.9. The fraction of sp³-hybridized carbons (Fsp3) is 0.409. The molecule has 29 heavy (non-hydrogen) atoms. The van der Waals surface area contributed by atoms with Crippen molar-refractivity contribution in [3.63, 3.8) is 0 Å². The van der Waals surface area contributed by atoms with Gasteiger partial charge in [0.25, 0.3) is 0 Å². The van der Waals surface area contributed by atoms with Crippen molar-refractivity contribution in [3.8, 4) is 0 Å². The largest absolute Gasteiger partial charge is 0.416 e. The van der Waals surface area contributed by atoms with Crippen molar-refractivity contribution in [2.75, 3.05) is 36.8 Å². The molecule has 1 heterocycles. The molecule has 2 aromatic carbocycles. The van der Waals surface area contributed by atoms with Crippen molar-refractivity contribution in [2.24, 2.45) is 0 Å². The van der Waals surface area contributed by atoms with E-state index in [2.05, 4.69) is 32.0 Å². The van der Waals surface area contributed by atoms with Crippen LogP contribution in [0.25, 0.3) is 0 Å². The van der Waals surface area contributed by atoms with Crippen molar-refractivity contribution >= 4 is 23.4 Å². The molecule has 7 heteroatoms. The summed E-state index contributed by atoms with van der Waals surface area (Å²) in [5, 5.41) is 0. The predicted molar refractivity (Wildman–Crippen MR) is 112 cm³/mol. The van der Waals surface area contributed by atoms with Gasteiger partial charge in [-0.05, 0) is 37.6 Å². The highest BCUT2D eigenvalue weighted by atomic mass is 32.2. The highest BCUT2D eigenvalue weighted by molar-refractivity contribution is 7.99. The number of hydrogen-bond donors (Lipinski definition) is 0. The molecule has 2 aromatic rings. The SMILES string of the molecule is Cc1cc(C)cc(CSCC(=O)N2CCN(c3cccc(C(F)(F)F)c3)CC2)c1. The van der Waals surface area contributed by atoms with Crippen molar-refractivity contribution in [3.05, 3.63) is 64.7 Å². The Kier molecular flexibility index (Phi) is 6.77. The van der Waals surface area contributed by atoms with Crippen molar-refractivity contribution in [1.82, 2.24) is 4.90 Å². The number of anilines is 1. The summed E-state index contributed by atoms with van der Waals surface area (Å²) in [5.74, 6) is 1.29. The number of carbonyl (C=O) groups excluding carboxylic acids is 1. The summed E-state index contributed by atoms with van der Waals surface area (Å²) in [7, 11) is 0. The maximum Gasteiger partial charge on any atom is 0.416 e. The molecule has 1 fully saturated rings. The number of piperazine rings is 1.